The van der Waals surface area contributed by atoms with Gasteiger partial charge >= 0.3 is 5.97 Å². The van der Waals surface area contributed by atoms with E-state index in [1.165, 1.54) is 0 Å². The Bertz CT molecular complexity index is 471. The quantitative estimate of drug-likeness (QED) is 0.835. The predicted molar refractivity (Wildman–Crippen MR) is 70.9 cm³/mol. The summed E-state index contributed by atoms with van der Waals surface area (Å²) >= 11 is 0. The number of rotatable bonds is 3. The van der Waals surface area contributed by atoms with E-state index in [9.17, 15) is 10.1 Å². The Morgan fingerprint density at radius 3 is 2.53 bits per heavy atom. The van der Waals surface area contributed by atoms with Crippen LogP contribution in [0.1, 0.15) is 31.7 Å². The monoisotopic (exact) mass is 258 g/mol. The predicted octanol–water partition coefficient (Wildman–Crippen LogP) is 2.41. The number of piperidine rings is 1. The Morgan fingerprint density at radius 2 is 2.00 bits per heavy atom. The fourth-order valence-corrected chi connectivity index (χ4v) is 2.39. The van der Waals surface area contributed by atoms with Gasteiger partial charge in [0.15, 0.2) is 0 Å². The molecule has 0 unspecified atom stereocenters. The van der Waals surface area contributed by atoms with Gasteiger partial charge in [0.1, 0.15) is 0 Å². The minimum absolute atomic E-state index is 0.218. The van der Waals surface area contributed by atoms with E-state index in [4.69, 9.17) is 4.84 Å². The van der Waals surface area contributed by atoms with E-state index in [-0.39, 0.29) is 5.97 Å². The lowest BCUT2D eigenvalue weighted by Crippen LogP contribution is -2.42. The van der Waals surface area contributed by atoms with Crippen LogP contribution in [-0.2, 0) is 15.0 Å². The van der Waals surface area contributed by atoms with Crippen molar-refractivity contribution in [3.8, 4) is 6.07 Å². The first-order chi connectivity index (χ1) is 9.20. The van der Waals surface area contributed by atoms with Crippen LogP contribution in [0.25, 0.3) is 0 Å². The minimum Gasteiger partial charge on any atom is -0.368 e. The molecule has 0 aromatic heterocycles. The van der Waals surface area contributed by atoms with E-state index in [1.807, 2.05) is 30.3 Å². The molecule has 0 spiro atoms. The number of carbonyl (C=O) groups is 1. The molecule has 0 saturated carbocycles. The van der Waals surface area contributed by atoms with Crippen LogP contribution in [0.15, 0.2) is 30.3 Å². The maximum absolute atomic E-state index is 11.3. The topological polar surface area (TPSA) is 53.3 Å². The fourth-order valence-electron chi connectivity index (χ4n) is 2.39. The number of nitrogens with zero attached hydrogens (tertiary/aromatic N) is 2. The van der Waals surface area contributed by atoms with Crippen molar-refractivity contribution >= 4 is 5.97 Å². The fraction of sp³-hybridized carbons (Fsp3) is 0.467. The Kier molecular flexibility index (Phi) is 4.18. The molecule has 4 nitrogen and oxygen atoms in total. The molecule has 2 rings (SSSR count). The average molecular weight is 258 g/mol. The number of hydrogen-bond donors (Lipinski definition) is 0. The van der Waals surface area contributed by atoms with Crippen LogP contribution in [0.3, 0.4) is 0 Å². The first-order valence-corrected chi connectivity index (χ1v) is 6.63. The zero-order valence-corrected chi connectivity index (χ0v) is 11.1. The third kappa shape index (κ3) is 2.94. The van der Waals surface area contributed by atoms with Gasteiger partial charge in [-0.1, -0.05) is 37.3 Å². The zero-order chi connectivity index (χ0) is 13.7. The van der Waals surface area contributed by atoms with Gasteiger partial charge in [-0.15, -0.1) is 5.06 Å². The van der Waals surface area contributed by atoms with Gasteiger partial charge in [0, 0.05) is 19.5 Å². The third-order valence-electron chi connectivity index (χ3n) is 3.64. The molecule has 1 aromatic carbocycles. The highest BCUT2D eigenvalue weighted by atomic mass is 16.7. The Labute approximate surface area is 113 Å². The number of benzene rings is 1. The highest BCUT2D eigenvalue weighted by Crippen LogP contribution is 2.34. The van der Waals surface area contributed by atoms with Gasteiger partial charge in [0.2, 0.25) is 0 Å². The van der Waals surface area contributed by atoms with E-state index < -0.39 is 5.41 Å². The summed E-state index contributed by atoms with van der Waals surface area (Å²) in [6, 6.07) is 12.3. The van der Waals surface area contributed by atoms with Gasteiger partial charge < -0.3 is 4.84 Å². The first-order valence-electron chi connectivity index (χ1n) is 6.63. The Morgan fingerprint density at radius 1 is 1.37 bits per heavy atom. The first kappa shape index (κ1) is 13.6. The van der Waals surface area contributed by atoms with Crippen LogP contribution in [0.4, 0.5) is 0 Å². The molecule has 0 radical (unpaired) electrons. The highest BCUT2D eigenvalue weighted by molar-refractivity contribution is 5.68. The lowest BCUT2D eigenvalue weighted by atomic mass is 9.74. The molecular weight excluding hydrogens is 240 g/mol. The Hall–Kier alpha value is -1.86. The van der Waals surface area contributed by atoms with Crippen molar-refractivity contribution < 1.29 is 9.63 Å². The second kappa shape index (κ2) is 5.85. The van der Waals surface area contributed by atoms with Crippen molar-refractivity contribution in [2.45, 2.75) is 31.6 Å². The smallest absolute Gasteiger partial charge is 0.324 e. The highest BCUT2D eigenvalue weighted by Gasteiger charge is 2.37. The van der Waals surface area contributed by atoms with E-state index in [2.05, 4.69) is 6.07 Å². The van der Waals surface area contributed by atoms with Crippen LogP contribution in [0.5, 0.6) is 0 Å². The zero-order valence-electron chi connectivity index (χ0n) is 11.1. The van der Waals surface area contributed by atoms with Gasteiger partial charge in [-0.25, -0.2) is 0 Å². The second-order valence-corrected chi connectivity index (χ2v) is 4.81. The molecule has 100 valence electrons. The summed E-state index contributed by atoms with van der Waals surface area (Å²) in [4.78, 5) is 16.5. The van der Waals surface area contributed by atoms with Crippen LogP contribution < -0.4 is 0 Å². The summed E-state index contributed by atoms with van der Waals surface area (Å²) in [6.07, 6.45) is 1.74. The van der Waals surface area contributed by atoms with Crippen molar-refractivity contribution in [3.63, 3.8) is 0 Å². The molecule has 4 heteroatoms. The van der Waals surface area contributed by atoms with Gasteiger partial charge in [-0.2, -0.15) is 5.26 Å². The average Bonchev–Trinajstić information content (AvgIpc) is 2.49. The second-order valence-electron chi connectivity index (χ2n) is 4.81. The van der Waals surface area contributed by atoms with Crippen LogP contribution in [-0.4, -0.2) is 24.1 Å². The lowest BCUT2D eigenvalue weighted by molar-refractivity contribution is -0.196. The number of nitriles is 1. The van der Waals surface area contributed by atoms with Crippen molar-refractivity contribution in [2.24, 2.45) is 0 Å². The molecule has 0 bridgehead atoms. The molecular formula is C15H18N2O2. The number of hydroxylamine groups is 2. The van der Waals surface area contributed by atoms with Crippen LogP contribution in [0, 0.1) is 11.3 Å². The van der Waals surface area contributed by atoms with E-state index in [1.54, 1.807) is 12.0 Å². The maximum atomic E-state index is 11.3. The summed E-state index contributed by atoms with van der Waals surface area (Å²) in [5.41, 5.74) is 0.607. The van der Waals surface area contributed by atoms with Crippen LogP contribution >= 0.6 is 0 Å². The molecule has 0 atom stereocenters. The normalized spacial score (nSPS) is 18.5. The molecule has 1 aliphatic heterocycles. The summed E-state index contributed by atoms with van der Waals surface area (Å²) in [7, 11) is 0. The molecule has 19 heavy (non-hydrogen) atoms. The van der Waals surface area contributed by atoms with Crippen molar-refractivity contribution in [1.29, 1.82) is 5.26 Å². The Balaban J connectivity index is 2.05. The minimum atomic E-state index is -0.448. The molecule has 0 aliphatic carbocycles. The molecule has 1 fully saturated rings. The van der Waals surface area contributed by atoms with E-state index >= 15 is 0 Å². The van der Waals surface area contributed by atoms with Crippen molar-refractivity contribution in [1.82, 2.24) is 5.06 Å². The molecule has 1 aliphatic rings. The van der Waals surface area contributed by atoms with Gasteiger partial charge in [0.25, 0.3) is 0 Å². The SMILES string of the molecule is CCC(=O)ON1CCC(C#N)(c2ccccc2)CC1. The molecule has 0 N–H and O–H groups in total. The van der Waals surface area contributed by atoms with Gasteiger partial charge in [-0.3, -0.25) is 4.79 Å². The van der Waals surface area contributed by atoms with Crippen molar-refractivity contribution in [2.75, 3.05) is 13.1 Å². The molecule has 1 heterocycles. The third-order valence-corrected chi connectivity index (χ3v) is 3.64. The lowest BCUT2D eigenvalue weighted by Gasteiger charge is -2.36. The maximum Gasteiger partial charge on any atom is 0.324 e. The van der Waals surface area contributed by atoms with Crippen LogP contribution in [0.2, 0.25) is 0 Å². The number of carbonyl (C=O) groups excluding carboxylic acids is 1. The summed E-state index contributed by atoms with van der Waals surface area (Å²) in [5, 5.41) is 11.2. The molecule has 1 aromatic rings. The standard InChI is InChI=1S/C15H18N2O2/c1-2-14(18)19-17-10-8-15(12-16,9-11-17)13-6-4-3-5-7-13/h3-7H,2,8-11H2,1H3. The number of hydrogen-bond acceptors (Lipinski definition) is 4. The molecule has 0 amide bonds. The van der Waals surface area contributed by atoms with Gasteiger partial charge in [0.05, 0.1) is 11.5 Å². The van der Waals surface area contributed by atoms with Crippen molar-refractivity contribution in [3.05, 3.63) is 35.9 Å². The van der Waals surface area contributed by atoms with E-state index in [0.717, 1.165) is 5.56 Å². The summed E-state index contributed by atoms with van der Waals surface area (Å²) in [5.74, 6) is -0.218. The van der Waals surface area contributed by atoms with E-state index in [0.29, 0.717) is 32.4 Å². The summed E-state index contributed by atoms with van der Waals surface area (Å²) in [6.45, 7) is 2.98. The summed E-state index contributed by atoms with van der Waals surface area (Å²) < 4.78 is 0. The van der Waals surface area contributed by atoms with Gasteiger partial charge in [-0.05, 0) is 18.4 Å². The largest absolute Gasteiger partial charge is 0.368 e. The molecule has 1 saturated heterocycles.